The Morgan fingerprint density at radius 3 is 2.68 bits per heavy atom. The summed E-state index contributed by atoms with van der Waals surface area (Å²) < 4.78 is 6.51. The van der Waals surface area contributed by atoms with Gasteiger partial charge in [0, 0.05) is 31.1 Å². The van der Waals surface area contributed by atoms with Gasteiger partial charge in [-0.2, -0.15) is 4.48 Å². The van der Waals surface area contributed by atoms with Gasteiger partial charge in [-0.15, -0.1) is 0 Å². The van der Waals surface area contributed by atoms with Gasteiger partial charge in [0.2, 0.25) is 5.72 Å². The lowest BCUT2D eigenvalue weighted by Crippen LogP contribution is -2.68. The highest BCUT2D eigenvalue weighted by atomic mass is 35.5. The first-order valence-electron chi connectivity index (χ1n) is 8.64. The molecule has 4 rings (SSSR count). The monoisotopic (exact) mass is 357 g/mol. The van der Waals surface area contributed by atoms with Gasteiger partial charge in [-0.25, -0.2) is 0 Å². The number of benzene rings is 1. The smallest absolute Gasteiger partial charge is 0.267 e. The third-order valence-electron chi connectivity index (χ3n) is 5.45. The summed E-state index contributed by atoms with van der Waals surface area (Å²) in [7, 11) is 1.78. The summed E-state index contributed by atoms with van der Waals surface area (Å²) >= 11 is 6.24. The fourth-order valence-electron chi connectivity index (χ4n) is 4.28. The molecule has 25 heavy (non-hydrogen) atoms. The Hall–Kier alpha value is -1.95. The molecular weight excluding hydrogens is 336 g/mol. The maximum atomic E-state index is 6.24. The van der Waals surface area contributed by atoms with Gasteiger partial charge in [0.15, 0.2) is 0 Å². The molecule has 1 aromatic rings. The summed E-state index contributed by atoms with van der Waals surface area (Å²) in [6.45, 7) is 0. The molecule has 0 amide bonds. The number of allylic oxidation sites excluding steroid dienone is 1. The summed E-state index contributed by atoms with van der Waals surface area (Å²) in [6.07, 6.45) is 11.2. The molecule has 3 aliphatic rings. The second kappa shape index (κ2) is 6.09. The molecule has 0 radical (unpaired) electrons. The Balaban J connectivity index is 1.93. The van der Waals surface area contributed by atoms with Gasteiger partial charge < -0.3 is 10.5 Å². The fraction of sp³-hybridized carbons (Fsp3) is 0.368. The fourth-order valence-corrected chi connectivity index (χ4v) is 4.47. The van der Waals surface area contributed by atoms with Crippen molar-refractivity contribution in [1.82, 2.24) is 0 Å². The van der Waals surface area contributed by atoms with E-state index >= 15 is 0 Å². The lowest BCUT2D eigenvalue weighted by atomic mass is 9.86. The summed E-state index contributed by atoms with van der Waals surface area (Å²) in [5.41, 5.74) is 7.41. The van der Waals surface area contributed by atoms with Crippen LogP contribution in [0.2, 0.25) is 5.02 Å². The Kier molecular flexibility index (Phi) is 4.02. The number of ether oxygens (including phenoxy) is 1. The van der Waals surface area contributed by atoms with Crippen LogP contribution in [-0.4, -0.2) is 29.0 Å². The largest absolute Gasteiger partial charge is 0.394 e. The molecule has 0 spiro atoms. The van der Waals surface area contributed by atoms with E-state index in [2.05, 4.69) is 10.2 Å². The molecule has 1 saturated carbocycles. The highest BCUT2D eigenvalue weighted by Crippen LogP contribution is 2.45. The third-order valence-corrected chi connectivity index (χ3v) is 5.69. The van der Waals surface area contributed by atoms with E-state index in [-0.39, 0.29) is 0 Å². The van der Waals surface area contributed by atoms with Crippen molar-refractivity contribution < 1.29 is 9.22 Å². The van der Waals surface area contributed by atoms with Crippen molar-refractivity contribution in [3.63, 3.8) is 0 Å². The van der Waals surface area contributed by atoms with Crippen molar-refractivity contribution in [1.29, 1.82) is 0 Å². The Morgan fingerprint density at radius 2 is 1.96 bits per heavy atom. The van der Waals surface area contributed by atoms with E-state index in [4.69, 9.17) is 22.1 Å². The van der Waals surface area contributed by atoms with Crippen LogP contribution in [0.25, 0.3) is 0 Å². The summed E-state index contributed by atoms with van der Waals surface area (Å²) in [6, 6.07) is 7.73. The Labute approximate surface area is 152 Å². The molecule has 130 valence electrons. The quantitative estimate of drug-likeness (QED) is 0.834. The maximum Gasteiger partial charge on any atom is 0.267 e. The molecule has 2 N–H and O–H groups in total. The van der Waals surface area contributed by atoms with Crippen LogP contribution in [-0.2, 0) is 4.74 Å². The van der Waals surface area contributed by atoms with Crippen molar-refractivity contribution in [3.8, 4) is 0 Å². The van der Waals surface area contributed by atoms with Gasteiger partial charge >= 0.3 is 0 Å². The number of hydrogen-bond donors (Lipinski definition) is 1. The zero-order chi connectivity index (χ0) is 17.5. The highest BCUT2D eigenvalue weighted by molar-refractivity contribution is 6.31. The molecule has 1 aliphatic carbocycles. The number of methoxy groups -OCH3 is 1. The van der Waals surface area contributed by atoms with Gasteiger partial charge in [-0.05, 0) is 37.1 Å². The van der Waals surface area contributed by atoms with E-state index in [0.717, 1.165) is 42.9 Å². The number of nitrogens with zero attached hydrogens (tertiary/aromatic N) is 3. The van der Waals surface area contributed by atoms with Crippen molar-refractivity contribution in [2.75, 3.05) is 7.11 Å². The molecule has 0 saturated heterocycles. The van der Waals surface area contributed by atoms with E-state index < -0.39 is 5.72 Å². The molecule has 0 aromatic heterocycles. The normalized spacial score (nSPS) is 27.4. The van der Waals surface area contributed by atoms with E-state index in [1.807, 2.05) is 42.6 Å². The number of quaternary nitrogens is 1. The minimum atomic E-state index is -0.454. The number of amidine groups is 2. The van der Waals surface area contributed by atoms with Crippen LogP contribution in [0.5, 0.6) is 0 Å². The van der Waals surface area contributed by atoms with E-state index in [9.17, 15) is 0 Å². The second-order valence-electron chi connectivity index (χ2n) is 6.79. The van der Waals surface area contributed by atoms with Crippen LogP contribution < -0.4 is 5.73 Å². The number of fused-ring (bicyclic) bond motifs is 1. The number of rotatable bonds is 3. The van der Waals surface area contributed by atoms with Gasteiger partial charge in [-0.1, -0.05) is 34.3 Å². The van der Waals surface area contributed by atoms with Crippen molar-refractivity contribution in [3.05, 3.63) is 58.9 Å². The Morgan fingerprint density at radius 1 is 1.16 bits per heavy atom. The zero-order valence-corrected chi connectivity index (χ0v) is 15.0. The lowest BCUT2D eigenvalue weighted by molar-refractivity contribution is -0.796. The van der Waals surface area contributed by atoms with Gasteiger partial charge in [-0.3, -0.25) is 0 Å². The molecule has 2 aliphatic heterocycles. The van der Waals surface area contributed by atoms with Crippen LogP contribution in [0, 0.1) is 0 Å². The van der Waals surface area contributed by atoms with Crippen LogP contribution in [0.4, 0.5) is 0 Å². The predicted molar refractivity (Wildman–Crippen MR) is 99.9 cm³/mol. The maximum absolute atomic E-state index is 6.24. The van der Waals surface area contributed by atoms with Crippen LogP contribution in [0.15, 0.2) is 58.5 Å². The molecule has 1 aromatic carbocycles. The zero-order valence-electron chi connectivity index (χ0n) is 14.3. The third kappa shape index (κ3) is 2.38. The molecule has 2 heterocycles. The van der Waals surface area contributed by atoms with E-state index in [0.29, 0.717) is 15.2 Å². The molecule has 5 nitrogen and oxygen atoms in total. The number of hydrogen-bond acceptors (Lipinski definition) is 4. The standard InChI is InChI=1S/C19H22ClN4O/c1-25-19(10-3-2-4-11-19)24-13-16(21)8-9-17(24)22-23-18(24)14-6-5-7-15(20)12-14/h5-9,12-13H,2-4,10-11,21H2,1H3/q+1. The topological polar surface area (TPSA) is 60.0 Å². The van der Waals surface area contributed by atoms with Crippen LogP contribution in [0.3, 0.4) is 0 Å². The highest BCUT2D eigenvalue weighted by Gasteiger charge is 2.61. The number of halogens is 1. The van der Waals surface area contributed by atoms with Crippen LogP contribution in [0.1, 0.15) is 37.7 Å². The Bertz CT molecular complexity index is 820. The van der Waals surface area contributed by atoms with Crippen molar-refractivity contribution in [2.45, 2.75) is 37.8 Å². The summed E-state index contributed by atoms with van der Waals surface area (Å²) in [5.74, 6) is 1.65. The van der Waals surface area contributed by atoms with Gasteiger partial charge in [0.1, 0.15) is 6.20 Å². The van der Waals surface area contributed by atoms with E-state index in [1.165, 1.54) is 6.42 Å². The molecule has 1 atom stereocenters. The predicted octanol–water partition coefficient (Wildman–Crippen LogP) is 3.91. The lowest BCUT2D eigenvalue weighted by Gasteiger charge is -2.48. The first kappa shape index (κ1) is 16.5. The molecule has 1 fully saturated rings. The average Bonchev–Trinajstić information content (AvgIpc) is 3.02. The summed E-state index contributed by atoms with van der Waals surface area (Å²) in [4.78, 5) is 0. The first-order valence-corrected chi connectivity index (χ1v) is 9.02. The number of nitrogens with two attached hydrogens (primary N) is 1. The van der Waals surface area contributed by atoms with E-state index in [1.54, 1.807) is 7.11 Å². The molecule has 6 heteroatoms. The van der Waals surface area contributed by atoms with Crippen LogP contribution >= 0.6 is 11.6 Å². The van der Waals surface area contributed by atoms with Gasteiger partial charge in [0.25, 0.3) is 11.7 Å². The minimum Gasteiger partial charge on any atom is -0.394 e. The van der Waals surface area contributed by atoms with Gasteiger partial charge in [0.05, 0.1) is 11.3 Å². The summed E-state index contributed by atoms with van der Waals surface area (Å²) in [5, 5.41) is 9.71. The van der Waals surface area contributed by atoms with Crippen molar-refractivity contribution >= 4 is 23.3 Å². The average molecular weight is 358 g/mol. The molecule has 1 unspecified atom stereocenters. The second-order valence-corrected chi connectivity index (χ2v) is 7.22. The van der Waals surface area contributed by atoms with Crippen molar-refractivity contribution in [2.24, 2.45) is 15.9 Å². The SMILES string of the molecule is COC1([N+]23C=C(N)C=CC2=NN=C3c2cccc(Cl)c2)CCCCC1. The molecular formula is C19H22ClN4O+. The molecule has 0 bridgehead atoms. The minimum absolute atomic E-state index is 0.312. The first-order chi connectivity index (χ1) is 12.1.